The molecule has 1 heterocycles. The smallest absolute Gasteiger partial charge is 0.317 e. The van der Waals surface area contributed by atoms with E-state index in [0.29, 0.717) is 37.6 Å². The molecule has 0 radical (unpaired) electrons. The third-order valence-electron chi connectivity index (χ3n) is 2.83. The SMILES string of the molecule is Nc1ccc(O)c(CNC(=O)N2CCOCC2)c1. The molecule has 0 aliphatic carbocycles. The van der Waals surface area contributed by atoms with E-state index >= 15 is 0 Å². The van der Waals surface area contributed by atoms with E-state index in [0.717, 1.165) is 0 Å². The maximum atomic E-state index is 11.8. The average molecular weight is 251 g/mol. The van der Waals surface area contributed by atoms with Gasteiger partial charge < -0.3 is 25.8 Å². The average Bonchev–Trinajstić information content (AvgIpc) is 2.40. The fraction of sp³-hybridized carbons (Fsp3) is 0.417. The number of hydrogen-bond donors (Lipinski definition) is 3. The van der Waals surface area contributed by atoms with E-state index in [-0.39, 0.29) is 18.3 Å². The van der Waals surface area contributed by atoms with Gasteiger partial charge in [0.05, 0.1) is 13.2 Å². The van der Waals surface area contributed by atoms with Crippen molar-refractivity contribution in [3.8, 4) is 5.75 Å². The van der Waals surface area contributed by atoms with Crippen molar-refractivity contribution in [2.45, 2.75) is 6.54 Å². The van der Waals surface area contributed by atoms with Crippen LogP contribution in [0.5, 0.6) is 5.75 Å². The molecule has 18 heavy (non-hydrogen) atoms. The van der Waals surface area contributed by atoms with E-state index in [4.69, 9.17) is 10.5 Å². The number of hydrogen-bond acceptors (Lipinski definition) is 4. The summed E-state index contributed by atoms with van der Waals surface area (Å²) in [4.78, 5) is 13.5. The van der Waals surface area contributed by atoms with Crippen LogP contribution in [0.3, 0.4) is 0 Å². The van der Waals surface area contributed by atoms with Gasteiger partial charge >= 0.3 is 6.03 Å². The Balaban J connectivity index is 1.90. The molecule has 0 unspecified atom stereocenters. The molecular weight excluding hydrogens is 234 g/mol. The summed E-state index contributed by atoms with van der Waals surface area (Å²) in [6.07, 6.45) is 0. The summed E-state index contributed by atoms with van der Waals surface area (Å²) >= 11 is 0. The van der Waals surface area contributed by atoms with Crippen LogP contribution in [0.15, 0.2) is 18.2 Å². The number of carbonyl (C=O) groups excluding carboxylic acids is 1. The van der Waals surface area contributed by atoms with Crippen LogP contribution in [0.1, 0.15) is 5.56 Å². The molecule has 0 atom stereocenters. The predicted octanol–water partition coefficient (Wildman–Crippen LogP) is 0.516. The van der Waals surface area contributed by atoms with Crippen LogP contribution in [0, 0.1) is 0 Å². The molecule has 4 N–H and O–H groups in total. The van der Waals surface area contributed by atoms with Crippen LogP contribution < -0.4 is 11.1 Å². The maximum absolute atomic E-state index is 11.8. The molecule has 98 valence electrons. The van der Waals surface area contributed by atoms with Gasteiger partial charge in [-0.2, -0.15) is 0 Å². The normalized spacial score (nSPS) is 15.4. The Labute approximate surface area is 105 Å². The summed E-state index contributed by atoms with van der Waals surface area (Å²) in [5, 5.41) is 12.4. The molecular formula is C12H17N3O3. The van der Waals surface area contributed by atoms with Crippen molar-refractivity contribution < 1.29 is 14.6 Å². The van der Waals surface area contributed by atoms with Crippen molar-refractivity contribution in [3.05, 3.63) is 23.8 Å². The number of rotatable bonds is 2. The lowest BCUT2D eigenvalue weighted by Crippen LogP contribution is -2.45. The molecule has 6 nitrogen and oxygen atoms in total. The minimum absolute atomic E-state index is 0.131. The Morgan fingerprint density at radius 3 is 2.89 bits per heavy atom. The number of ether oxygens (including phenoxy) is 1. The maximum Gasteiger partial charge on any atom is 0.317 e. The Kier molecular flexibility index (Phi) is 3.88. The van der Waals surface area contributed by atoms with Crippen molar-refractivity contribution >= 4 is 11.7 Å². The minimum Gasteiger partial charge on any atom is -0.508 e. The largest absolute Gasteiger partial charge is 0.508 e. The van der Waals surface area contributed by atoms with Crippen LogP contribution in [0.4, 0.5) is 10.5 Å². The van der Waals surface area contributed by atoms with Gasteiger partial charge in [0.15, 0.2) is 0 Å². The molecule has 1 saturated heterocycles. The van der Waals surface area contributed by atoms with Crippen LogP contribution in [-0.2, 0) is 11.3 Å². The number of benzene rings is 1. The number of phenols is 1. The van der Waals surface area contributed by atoms with E-state index in [1.807, 2.05) is 0 Å². The fourth-order valence-electron chi connectivity index (χ4n) is 1.80. The third kappa shape index (κ3) is 3.04. The van der Waals surface area contributed by atoms with E-state index in [1.54, 1.807) is 17.0 Å². The Bertz CT molecular complexity index is 431. The number of morpholine rings is 1. The standard InChI is InChI=1S/C12H17N3O3/c13-10-1-2-11(16)9(7-10)8-14-12(17)15-3-5-18-6-4-15/h1-2,7,16H,3-6,8,13H2,(H,14,17). The highest BCUT2D eigenvalue weighted by atomic mass is 16.5. The molecule has 1 aromatic rings. The molecule has 0 bridgehead atoms. The number of amides is 2. The van der Waals surface area contributed by atoms with Gasteiger partial charge in [-0.25, -0.2) is 4.79 Å². The van der Waals surface area contributed by atoms with Gasteiger partial charge in [0, 0.05) is 30.9 Å². The highest BCUT2D eigenvalue weighted by Crippen LogP contribution is 2.19. The number of urea groups is 1. The topological polar surface area (TPSA) is 87.8 Å². The zero-order valence-electron chi connectivity index (χ0n) is 10.1. The molecule has 6 heteroatoms. The first-order valence-corrected chi connectivity index (χ1v) is 5.84. The summed E-state index contributed by atoms with van der Waals surface area (Å²) in [7, 11) is 0. The van der Waals surface area contributed by atoms with Crippen LogP contribution in [0.2, 0.25) is 0 Å². The molecule has 1 aromatic carbocycles. The van der Waals surface area contributed by atoms with Gasteiger partial charge in [-0.05, 0) is 18.2 Å². The number of anilines is 1. The number of nitrogens with two attached hydrogens (primary N) is 1. The number of phenolic OH excluding ortho intramolecular Hbond substituents is 1. The van der Waals surface area contributed by atoms with Crippen LogP contribution >= 0.6 is 0 Å². The Morgan fingerprint density at radius 2 is 2.17 bits per heavy atom. The van der Waals surface area contributed by atoms with E-state index in [9.17, 15) is 9.90 Å². The number of nitrogen functional groups attached to an aromatic ring is 1. The first-order chi connectivity index (χ1) is 8.66. The van der Waals surface area contributed by atoms with Crippen molar-refractivity contribution in [1.82, 2.24) is 10.2 Å². The molecule has 1 fully saturated rings. The zero-order chi connectivity index (χ0) is 13.0. The summed E-state index contributed by atoms with van der Waals surface area (Å²) in [6, 6.07) is 4.63. The number of carbonyl (C=O) groups is 1. The molecule has 2 amide bonds. The summed E-state index contributed by atoms with van der Waals surface area (Å²) in [5.74, 6) is 0.131. The van der Waals surface area contributed by atoms with Crippen molar-refractivity contribution in [2.75, 3.05) is 32.0 Å². The first kappa shape index (κ1) is 12.5. The monoisotopic (exact) mass is 251 g/mol. The van der Waals surface area contributed by atoms with E-state index in [1.165, 1.54) is 6.07 Å². The lowest BCUT2D eigenvalue weighted by Gasteiger charge is -2.27. The Morgan fingerprint density at radius 1 is 1.44 bits per heavy atom. The molecule has 2 rings (SSSR count). The predicted molar refractivity (Wildman–Crippen MR) is 67.1 cm³/mol. The zero-order valence-corrected chi connectivity index (χ0v) is 10.1. The first-order valence-electron chi connectivity index (χ1n) is 5.84. The second kappa shape index (κ2) is 5.59. The van der Waals surface area contributed by atoms with E-state index in [2.05, 4.69) is 5.32 Å². The molecule has 0 aromatic heterocycles. The second-order valence-electron chi connectivity index (χ2n) is 4.15. The molecule has 1 aliphatic heterocycles. The molecule has 1 aliphatic rings. The van der Waals surface area contributed by atoms with Crippen molar-refractivity contribution in [2.24, 2.45) is 0 Å². The number of aromatic hydroxyl groups is 1. The summed E-state index contributed by atoms with van der Waals surface area (Å²) in [5.41, 5.74) is 6.79. The van der Waals surface area contributed by atoms with Crippen molar-refractivity contribution in [1.29, 1.82) is 0 Å². The van der Waals surface area contributed by atoms with Gasteiger partial charge in [0.1, 0.15) is 5.75 Å². The van der Waals surface area contributed by atoms with Gasteiger partial charge in [0.25, 0.3) is 0 Å². The third-order valence-corrected chi connectivity index (χ3v) is 2.83. The van der Waals surface area contributed by atoms with Gasteiger partial charge in [-0.1, -0.05) is 0 Å². The highest BCUT2D eigenvalue weighted by Gasteiger charge is 2.16. The Hall–Kier alpha value is -1.95. The minimum atomic E-state index is -0.153. The number of nitrogens with zero attached hydrogens (tertiary/aromatic N) is 1. The van der Waals surface area contributed by atoms with Crippen LogP contribution in [0.25, 0.3) is 0 Å². The van der Waals surface area contributed by atoms with Crippen molar-refractivity contribution in [3.63, 3.8) is 0 Å². The van der Waals surface area contributed by atoms with Gasteiger partial charge in [-0.15, -0.1) is 0 Å². The summed E-state index contributed by atoms with van der Waals surface area (Å²) < 4.78 is 5.17. The molecule has 0 saturated carbocycles. The lowest BCUT2D eigenvalue weighted by atomic mass is 10.2. The van der Waals surface area contributed by atoms with E-state index < -0.39 is 0 Å². The van der Waals surface area contributed by atoms with Gasteiger partial charge in [-0.3, -0.25) is 0 Å². The number of nitrogens with one attached hydrogen (secondary N) is 1. The molecule has 0 spiro atoms. The van der Waals surface area contributed by atoms with Crippen LogP contribution in [-0.4, -0.2) is 42.3 Å². The summed E-state index contributed by atoms with van der Waals surface area (Å²) in [6.45, 7) is 2.57. The fourth-order valence-corrected chi connectivity index (χ4v) is 1.80. The lowest BCUT2D eigenvalue weighted by molar-refractivity contribution is 0.0531. The highest BCUT2D eigenvalue weighted by molar-refractivity contribution is 5.74. The van der Waals surface area contributed by atoms with Gasteiger partial charge in [0.2, 0.25) is 0 Å². The second-order valence-corrected chi connectivity index (χ2v) is 4.15. The quantitative estimate of drug-likeness (QED) is 0.528.